The van der Waals surface area contributed by atoms with Crippen molar-refractivity contribution in [3.63, 3.8) is 0 Å². The highest BCUT2D eigenvalue weighted by Gasteiger charge is 2.36. The molecular formula is C23H21F6N3O2S. The van der Waals surface area contributed by atoms with E-state index in [9.17, 15) is 36.2 Å². The van der Waals surface area contributed by atoms with Crippen LogP contribution in [0, 0.1) is 6.92 Å². The van der Waals surface area contributed by atoms with Crippen molar-refractivity contribution in [2.75, 3.05) is 13.3 Å². The number of halogens is 6. The number of nitrogens with one attached hydrogen (secondary N) is 1. The van der Waals surface area contributed by atoms with Gasteiger partial charge in [0.25, 0.3) is 0 Å². The highest BCUT2D eigenvalue weighted by atomic mass is 32.2. The van der Waals surface area contributed by atoms with Crippen LogP contribution in [-0.4, -0.2) is 34.3 Å². The summed E-state index contributed by atoms with van der Waals surface area (Å²) >= 11 is 1.39. The number of hydrogen-bond acceptors (Lipinski definition) is 5. The van der Waals surface area contributed by atoms with Gasteiger partial charge < -0.3 is 10.4 Å². The van der Waals surface area contributed by atoms with Gasteiger partial charge in [-0.25, -0.2) is 14.8 Å². The molecule has 0 saturated carbocycles. The van der Waals surface area contributed by atoms with E-state index >= 15 is 0 Å². The molecule has 3 rings (SSSR count). The van der Waals surface area contributed by atoms with Crippen LogP contribution in [0.3, 0.4) is 0 Å². The standard InChI is InChI=1S/C13H12N2O2S.C10H9F6N/c1-8-5-3-4-6-9(8)11-10(12(16)17)7-14-13(15-11)18-2;1-17-5-6-2-7(9(11,12)13)4-8(3-6)10(14,15)16/h3-7H,1-2H3,(H,16,17);2-4,17H,5H2,1H3. The number of nitrogens with zero attached hydrogens (tertiary/aromatic N) is 2. The number of hydrogen-bond donors (Lipinski definition) is 2. The SMILES string of the molecule is CNCc1cc(C(F)(F)F)cc(C(F)(F)F)c1.CSc1ncc(C(=O)O)c(-c2ccccc2C)n1. The van der Waals surface area contributed by atoms with Gasteiger partial charge in [-0.1, -0.05) is 36.0 Å². The molecule has 3 aromatic rings. The molecule has 5 nitrogen and oxygen atoms in total. The highest BCUT2D eigenvalue weighted by Crippen LogP contribution is 2.36. The summed E-state index contributed by atoms with van der Waals surface area (Å²) in [6.07, 6.45) is -6.35. The molecule has 188 valence electrons. The molecule has 0 fully saturated rings. The van der Waals surface area contributed by atoms with E-state index in [0.717, 1.165) is 11.1 Å². The average molecular weight is 517 g/mol. The van der Waals surface area contributed by atoms with Gasteiger partial charge in [0.1, 0.15) is 5.56 Å². The van der Waals surface area contributed by atoms with Crippen molar-refractivity contribution in [2.45, 2.75) is 31.0 Å². The Balaban J connectivity index is 0.000000247. The second-order valence-corrected chi connectivity index (χ2v) is 7.96. The van der Waals surface area contributed by atoms with Crippen molar-refractivity contribution in [2.24, 2.45) is 0 Å². The van der Waals surface area contributed by atoms with Crippen LogP contribution in [-0.2, 0) is 18.9 Å². The minimum absolute atomic E-state index is 0.0605. The van der Waals surface area contributed by atoms with Crippen LogP contribution in [0.4, 0.5) is 26.3 Å². The van der Waals surface area contributed by atoms with Crippen LogP contribution in [0.2, 0.25) is 0 Å². The van der Waals surface area contributed by atoms with E-state index < -0.39 is 29.4 Å². The molecule has 0 bridgehead atoms. The predicted octanol–water partition coefficient (Wildman–Crippen LogP) is 6.32. The second-order valence-electron chi connectivity index (χ2n) is 7.18. The van der Waals surface area contributed by atoms with Gasteiger partial charge in [0.15, 0.2) is 5.16 Å². The molecule has 2 N–H and O–H groups in total. The van der Waals surface area contributed by atoms with Crippen LogP contribution in [0.1, 0.15) is 32.6 Å². The molecule has 0 spiro atoms. The lowest BCUT2D eigenvalue weighted by Gasteiger charge is -2.13. The van der Waals surface area contributed by atoms with E-state index in [0.29, 0.717) is 23.0 Å². The molecule has 2 aromatic carbocycles. The first-order valence-corrected chi connectivity index (χ1v) is 11.1. The number of benzene rings is 2. The lowest BCUT2D eigenvalue weighted by Crippen LogP contribution is -2.14. The number of aryl methyl sites for hydroxylation is 1. The molecule has 1 heterocycles. The van der Waals surface area contributed by atoms with Crippen LogP contribution in [0.5, 0.6) is 0 Å². The number of thioether (sulfide) groups is 1. The third-order valence-electron chi connectivity index (χ3n) is 4.61. The van der Waals surface area contributed by atoms with Gasteiger partial charge in [0.2, 0.25) is 0 Å². The van der Waals surface area contributed by atoms with Crippen LogP contribution >= 0.6 is 11.8 Å². The van der Waals surface area contributed by atoms with Crippen molar-refractivity contribution in [3.05, 3.63) is 76.5 Å². The Morgan fingerprint density at radius 3 is 2.06 bits per heavy atom. The minimum Gasteiger partial charge on any atom is -0.478 e. The number of carboxylic acids is 1. The van der Waals surface area contributed by atoms with E-state index in [1.54, 1.807) is 0 Å². The maximum atomic E-state index is 12.4. The van der Waals surface area contributed by atoms with Crippen LogP contribution in [0.15, 0.2) is 53.8 Å². The Morgan fingerprint density at radius 2 is 1.60 bits per heavy atom. The molecule has 35 heavy (non-hydrogen) atoms. The number of rotatable bonds is 5. The maximum absolute atomic E-state index is 12.4. The molecule has 0 saturated heterocycles. The molecular weight excluding hydrogens is 496 g/mol. The fraction of sp³-hybridized carbons (Fsp3) is 0.261. The van der Waals surface area contributed by atoms with Crippen molar-refractivity contribution in [3.8, 4) is 11.3 Å². The number of aromatic nitrogens is 2. The number of carbonyl (C=O) groups is 1. The monoisotopic (exact) mass is 517 g/mol. The zero-order valence-electron chi connectivity index (χ0n) is 18.8. The van der Waals surface area contributed by atoms with Crippen LogP contribution in [0.25, 0.3) is 11.3 Å². The quantitative estimate of drug-likeness (QED) is 0.235. The molecule has 0 aliphatic carbocycles. The summed E-state index contributed by atoms with van der Waals surface area (Å²) in [7, 11) is 1.44. The Hall–Kier alpha value is -3.12. The topological polar surface area (TPSA) is 75.1 Å². The fourth-order valence-corrected chi connectivity index (χ4v) is 3.33. The maximum Gasteiger partial charge on any atom is 0.416 e. The van der Waals surface area contributed by atoms with Crippen molar-refractivity contribution in [1.29, 1.82) is 0 Å². The van der Waals surface area contributed by atoms with Crippen molar-refractivity contribution in [1.82, 2.24) is 15.3 Å². The average Bonchev–Trinajstić information content (AvgIpc) is 2.78. The third kappa shape index (κ3) is 7.69. The molecule has 0 aliphatic rings. The van der Waals surface area contributed by atoms with Gasteiger partial charge in [0.05, 0.1) is 16.8 Å². The Labute approximate surface area is 201 Å². The number of carboxylic acid groups (broad SMARTS) is 1. The van der Waals surface area contributed by atoms with E-state index in [-0.39, 0.29) is 23.7 Å². The Morgan fingerprint density at radius 1 is 1.03 bits per heavy atom. The van der Waals surface area contributed by atoms with Gasteiger partial charge in [-0.2, -0.15) is 26.3 Å². The third-order valence-corrected chi connectivity index (χ3v) is 5.17. The van der Waals surface area contributed by atoms with Gasteiger partial charge in [-0.05, 0) is 49.6 Å². The lowest BCUT2D eigenvalue weighted by molar-refractivity contribution is -0.143. The van der Waals surface area contributed by atoms with E-state index in [2.05, 4.69) is 15.3 Å². The van der Waals surface area contributed by atoms with Gasteiger partial charge in [-0.15, -0.1) is 0 Å². The largest absolute Gasteiger partial charge is 0.478 e. The summed E-state index contributed by atoms with van der Waals surface area (Å²) in [6, 6.07) is 9.09. The number of alkyl halides is 6. The number of aromatic carboxylic acids is 1. The summed E-state index contributed by atoms with van der Waals surface area (Å²) in [5.41, 5.74) is -0.231. The minimum atomic E-state index is -4.79. The molecule has 0 amide bonds. The summed E-state index contributed by atoms with van der Waals surface area (Å²) in [6.45, 7) is 1.87. The zero-order chi connectivity index (χ0) is 26.4. The lowest BCUT2D eigenvalue weighted by atomic mass is 10.0. The summed E-state index contributed by atoms with van der Waals surface area (Å²) < 4.78 is 74.3. The van der Waals surface area contributed by atoms with Gasteiger partial charge >= 0.3 is 18.3 Å². The first kappa shape index (κ1) is 28.1. The normalized spacial score (nSPS) is 11.6. The van der Waals surface area contributed by atoms with Crippen molar-refractivity contribution >= 4 is 17.7 Å². The second kappa shape index (κ2) is 11.5. The van der Waals surface area contributed by atoms with Gasteiger partial charge in [-0.3, -0.25) is 0 Å². The molecule has 0 unspecified atom stereocenters. The Bertz CT molecular complexity index is 1150. The first-order chi connectivity index (χ1) is 16.3. The summed E-state index contributed by atoms with van der Waals surface area (Å²) in [5.74, 6) is -1.01. The highest BCUT2D eigenvalue weighted by molar-refractivity contribution is 7.98. The van der Waals surface area contributed by atoms with Gasteiger partial charge in [0, 0.05) is 18.3 Å². The van der Waals surface area contributed by atoms with Crippen molar-refractivity contribution < 1.29 is 36.2 Å². The summed E-state index contributed by atoms with van der Waals surface area (Å²) in [5, 5.41) is 12.3. The van der Waals surface area contributed by atoms with E-state index in [1.165, 1.54) is 25.0 Å². The van der Waals surface area contributed by atoms with E-state index in [4.69, 9.17) is 0 Å². The molecule has 0 radical (unpaired) electrons. The summed E-state index contributed by atoms with van der Waals surface area (Å²) in [4.78, 5) is 19.5. The molecule has 1 aromatic heterocycles. The smallest absolute Gasteiger partial charge is 0.416 e. The fourth-order valence-electron chi connectivity index (χ4n) is 2.99. The van der Waals surface area contributed by atoms with E-state index in [1.807, 2.05) is 37.4 Å². The zero-order valence-corrected chi connectivity index (χ0v) is 19.6. The molecule has 0 aliphatic heterocycles. The predicted molar refractivity (Wildman–Crippen MR) is 120 cm³/mol. The van der Waals surface area contributed by atoms with Crippen LogP contribution < -0.4 is 5.32 Å². The molecule has 12 heteroatoms. The first-order valence-electron chi connectivity index (χ1n) is 9.91. The Kier molecular flexibility index (Phi) is 9.27. The molecule has 0 atom stereocenters.